The van der Waals surface area contributed by atoms with E-state index in [9.17, 15) is 18.0 Å². The fourth-order valence-electron chi connectivity index (χ4n) is 3.37. The summed E-state index contributed by atoms with van der Waals surface area (Å²) < 4.78 is 39.8. The Bertz CT molecular complexity index is 579. The highest BCUT2D eigenvalue weighted by Crippen LogP contribution is 2.38. The number of ether oxygens (including phenoxy) is 1. The number of nitrogens with one attached hydrogen (secondary N) is 1. The van der Waals surface area contributed by atoms with Crippen LogP contribution in [0.4, 0.5) is 4.79 Å². The first-order valence-corrected chi connectivity index (χ1v) is 7.74. The maximum absolute atomic E-state index is 12.2. The highest BCUT2D eigenvalue weighted by molar-refractivity contribution is 7.80. The predicted molar refractivity (Wildman–Crippen MR) is 66.1 cm³/mol. The average Bonchev–Trinajstić information content (AvgIpc) is 2.81. The van der Waals surface area contributed by atoms with Crippen LogP contribution in [-0.2, 0) is 24.2 Å². The van der Waals surface area contributed by atoms with Crippen molar-refractivity contribution in [3.8, 4) is 0 Å². The van der Waals surface area contributed by atoms with Crippen molar-refractivity contribution < 1.29 is 31.6 Å². The number of hydroxylamine groups is 2. The Morgan fingerprint density at radius 3 is 2.76 bits per heavy atom. The molecule has 2 bridgehead atoms. The van der Waals surface area contributed by atoms with E-state index < -0.39 is 28.5 Å². The van der Waals surface area contributed by atoms with E-state index in [4.69, 9.17) is 9.29 Å². The lowest BCUT2D eigenvalue weighted by atomic mass is 9.86. The van der Waals surface area contributed by atoms with Crippen molar-refractivity contribution in [1.29, 1.82) is 0 Å². The molecule has 118 valence electrons. The number of hydrogen-bond acceptors (Lipinski definition) is 6. The van der Waals surface area contributed by atoms with Gasteiger partial charge in [0.05, 0.1) is 18.7 Å². The molecular weight excluding hydrogens is 306 g/mol. The summed E-state index contributed by atoms with van der Waals surface area (Å²) in [5.74, 6) is -0.474. The van der Waals surface area contributed by atoms with Crippen molar-refractivity contribution in [2.24, 2.45) is 5.92 Å². The molecule has 3 heterocycles. The maximum atomic E-state index is 12.2. The third-order valence-corrected chi connectivity index (χ3v) is 4.44. The summed E-state index contributed by atoms with van der Waals surface area (Å²) in [6.07, 6.45) is 0.384. The summed E-state index contributed by atoms with van der Waals surface area (Å²) in [6, 6.07) is -2.17. The van der Waals surface area contributed by atoms with Crippen LogP contribution in [-0.4, -0.2) is 73.3 Å². The first-order valence-electron chi connectivity index (χ1n) is 6.38. The summed E-state index contributed by atoms with van der Waals surface area (Å²) in [5.41, 5.74) is 0. The highest BCUT2D eigenvalue weighted by atomic mass is 32.3. The third kappa shape index (κ3) is 2.35. The van der Waals surface area contributed by atoms with E-state index in [0.717, 1.165) is 0 Å². The van der Waals surface area contributed by atoms with Gasteiger partial charge in [0.2, 0.25) is 5.91 Å². The number of hydrogen-bond donors (Lipinski definition) is 2. The van der Waals surface area contributed by atoms with Crippen LogP contribution in [0.3, 0.4) is 0 Å². The van der Waals surface area contributed by atoms with E-state index in [2.05, 4.69) is 9.60 Å². The molecule has 0 aliphatic carbocycles. The summed E-state index contributed by atoms with van der Waals surface area (Å²) >= 11 is 0. The molecule has 11 heteroatoms. The zero-order chi connectivity index (χ0) is 15.4. The summed E-state index contributed by atoms with van der Waals surface area (Å²) in [7, 11) is -3.28. The molecule has 3 aliphatic heterocycles. The fraction of sp³-hybridized carbons (Fsp3) is 0.800. The van der Waals surface area contributed by atoms with Gasteiger partial charge in [0.15, 0.2) is 0 Å². The molecule has 0 aromatic rings. The molecule has 0 saturated carbocycles. The van der Waals surface area contributed by atoms with Crippen molar-refractivity contribution >= 4 is 22.3 Å². The number of amides is 3. The predicted octanol–water partition coefficient (Wildman–Crippen LogP) is -1.64. The molecule has 21 heavy (non-hydrogen) atoms. The zero-order valence-corrected chi connectivity index (χ0v) is 11.9. The summed E-state index contributed by atoms with van der Waals surface area (Å²) in [4.78, 5) is 25.5. The minimum atomic E-state index is -4.79. The van der Waals surface area contributed by atoms with Crippen LogP contribution in [0.25, 0.3) is 0 Å². The Hall–Kier alpha value is -1.43. The smallest absolute Gasteiger partial charge is 0.383 e. The van der Waals surface area contributed by atoms with Crippen LogP contribution in [0.15, 0.2) is 0 Å². The second kappa shape index (κ2) is 4.80. The number of carbonyl (C=O) groups excluding carboxylic acids is 2. The van der Waals surface area contributed by atoms with Gasteiger partial charge in [-0.05, 0) is 6.42 Å². The summed E-state index contributed by atoms with van der Waals surface area (Å²) in [6.45, 7) is 0.490. The first-order chi connectivity index (χ1) is 9.81. The van der Waals surface area contributed by atoms with Gasteiger partial charge in [-0.15, -0.1) is 4.28 Å². The van der Waals surface area contributed by atoms with E-state index in [-0.39, 0.29) is 24.4 Å². The van der Waals surface area contributed by atoms with Gasteiger partial charge in [-0.1, -0.05) is 0 Å². The van der Waals surface area contributed by atoms with Gasteiger partial charge in [-0.25, -0.2) is 4.79 Å². The topological polar surface area (TPSA) is 125 Å². The number of fused-ring (bicyclic) bond motifs is 4. The molecule has 0 radical (unpaired) electrons. The molecule has 0 spiro atoms. The number of methoxy groups -OCH3 is 1. The second-order valence-corrected chi connectivity index (χ2v) is 6.34. The first kappa shape index (κ1) is 14.5. The molecule has 3 aliphatic rings. The Labute approximate surface area is 120 Å². The SMILES string of the molecule is COC[C@@H]1NC(=O)[C@@H]2[C@H]1C[C@@H]1CN2C(=O)N1OS(=O)(=O)O. The molecular formula is C10H15N3O7S. The molecule has 10 nitrogen and oxygen atoms in total. The van der Waals surface area contributed by atoms with Crippen molar-refractivity contribution in [2.45, 2.75) is 24.5 Å². The van der Waals surface area contributed by atoms with Gasteiger partial charge in [-0.3, -0.25) is 9.35 Å². The molecule has 3 fully saturated rings. The van der Waals surface area contributed by atoms with Crippen molar-refractivity contribution in [2.75, 3.05) is 20.3 Å². The van der Waals surface area contributed by atoms with Crippen molar-refractivity contribution in [3.05, 3.63) is 0 Å². The lowest BCUT2D eigenvalue weighted by Crippen LogP contribution is -2.48. The van der Waals surface area contributed by atoms with Gasteiger partial charge < -0.3 is 15.0 Å². The van der Waals surface area contributed by atoms with Gasteiger partial charge in [0.25, 0.3) is 0 Å². The molecule has 3 saturated heterocycles. The molecule has 4 atom stereocenters. The van der Waals surface area contributed by atoms with E-state index in [1.54, 1.807) is 0 Å². The Morgan fingerprint density at radius 2 is 2.14 bits per heavy atom. The third-order valence-electron chi connectivity index (χ3n) is 4.09. The number of nitrogens with zero attached hydrogens (tertiary/aromatic N) is 2. The quantitative estimate of drug-likeness (QED) is 0.595. The monoisotopic (exact) mass is 321 g/mol. The average molecular weight is 321 g/mol. The molecule has 0 aromatic heterocycles. The van der Waals surface area contributed by atoms with Gasteiger partial charge in [0, 0.05) is 19.6 Å². The number of carbonyl (C=O) groups is 2. The molecule has 0 unspecified atom stereocenters. The van der Waals surface area contributed by atoms with Crippen LogP contribution >= 0.6 is 0 Å². The maximum Gasteiger partial charge on any atom is 0.418 e. The van der Waals surface area contributed by atoms with E-state index in [1.807, 2.05) is 0 Å². The van der Waals surface area contributed by atoms with Crippen LogP contribution in [0, 0.1) is 5.92 Å². The minimum absolute atomic E-state index is 0.183. The van der Waals surface area contributed by atoms with Gasteiger partial charge in [-0.2, -0.15) is 13.5 Å². The van der Waals surface area contributed by atoms with Gasteiger partial charge >= 0.3 is 16.4 Å². The van der Waals surface area contributed by atoms with Crippen LogP contribution in [0.5, 0.6) is 0 Å². The molecule has 3 rings (SSSR count). The van der Waals surface area contributed by atoms with E-state index in [1.165, 1.54) is 12.0 Å². The lowest BCUT2D eigenvalue weighted by Gasteiger charge is -2.32. The number of piperidine rings is 1. The van der Waals surface area contributed by atoms with Crippen molar-refractivity contribution in [1.82, 2.24) is 15.3 Å². The molecule has 0 aromatic carbocycles. The number of rotatable bonds is 4. The Kier molecular flexibility index (Phi) is 3.31. The highest BCUT2D eigenvalue weighted by Gasteiger charge is 2.58. The van der Waals surface area contributed by atoms with Crippen molar-refractivity contribution in [3.63, 3.8) is 0 Å². The largest absolute Gasteiger partial charge is 0.418 e. The summed E-state index contributed by atoms with van der Waals surface area (Å²) in [5, 5.41) is 3.41. The fourth-order valence-corrected chi connectivity index (χ4v) is 3.76. The lowest BCUT2D eigenvalue weighted by molar-refractivity contribution is -0.123. The van der Waals surface area contributed by atoms with Crippen LogP contribution < -0.4 is 5.32 Å². The normalized spacial score (nSPS) is 35.1. The van der Waals surface area contributed by atoms with E-state index >= 15 is 0 Å². The second-order valence-electron chi connectivity index (χ2n) is 5.33. The Balaban J connectivity index is 1.85. The number of urea groups is 1. The van der Waals surface area contributed by atoms with Gasteiger partial charge in [0.1, 0.15) is 6.04 Å². The Morgan fingerprint density at radius 1 is 1.43 bits per heavy atom. The molecule has 2 N–H and O–H groups in total. The standard InChI is InChI=1S/C10H15N3O7S/c1-19-4-7-6-2-5-3-12(8(6)9(14)11-7)10(15)13(5)20-21(16,17)18/h5-8H,2-4H2,1H3,(H,11,14)(H,16,17,18)/t5-,6+,7+,8+/m1/s1. The van der Waals surface area contributed by atoms with E-state index in [0.29, 0.717) is 18.1 Å². The minimum Gasteiger partial charge on any atom is -0.383 e. The van der Waals surface area contributed by atoms with Crippen LogP contribution in [0.2, 0.25) is 0 Å². The molecule has 3 amide bonds. The zero-order valence-electron chi connectivity index (χ0n) is 11.1. The van der Waals surface area contributed by atoms with Crippen LogP contribution in [0.1, 0.15) is 6.42 Å².